The first-order chi connectivity index (χ1) is 10.6. The molecule has 118 valence electrons. The molecule has 22 heavy (non-hydrogen) atoms. The first-order valence-electron chi connectivity index (χ1n) is 7.62. The Labute approximate surface area is 137 Å². The summed E-state index contributed by atoms with van der Waals surface area (Å²) in [5, 5.41) is 5.09. The molecule has 0 saturated heterocycles. The van der Waals surface area contributed by atoms with E-state index in [0.29, 0.717) is 6.54 Å². The van der Waals surface area contributed by atoms with Gasteiger partial charge in [0.2, 0.25) is 5.91 Å². The van der Waals surface area contributed by atoms with Gasteiger partial charge in [-0.05, 0) is 44.3 Å². The van der Waals surface area contributed by atoms with Crippen molar-refractivity contribution >= 4 is 17.2 Å². The monoisotopic (exact) mass is 316 g/mol. The molecule has 1 aromatic carbocycles. The maximum Gasteiger partial charge on any atom is 0.237 e. The molecular formula is C18H24N2OS. The van der Waals surface area contributed by atoms with Gasteiger partial charge in [-0.3, -0.25) is 9.69 Å². The van der Waals surface area contributed by atoms with Gasteiger partial charge in [-0.1, -0.05) is 35.9 Å². The van der Waals surface area contributed by atoms with Crippen LogP contribution in [0.1, 0.15) is 22.9 Å². The molecule has 0 spiro atoms. The number of aryl methyl sites for hydroxylation is 1. The predicted molar refractivity (Wildman–Crippen MR) is 93.1 cm³/mol. The normalized spacial score (nSPS) is 12.4. The Kier molecular flexibility index (Phi) is 6.16. The second-order valence-corrected chi connectivity index (χ2v) is 6.73. The molecule has 3 nitrogen and oxygen atoms in total. The van der Waals surface area contributed by atoms with Crippen molar-refractivity contribution in [2.24, 2.45) is 0 Å². The van der Waals surface area contributed by atoms with Crippen LogP contribution in [-0.2, 0) is 17.8 Å². The lowest BCUT2D eigenvalue weighted by Gasteiger charge is -2.24. The number of thiophene rings is 1. The van der Waals surface area contributed by atoms with Crippen LogP contribution < -0.4 is 5.32 Å². The van der Waals surface area contributed by atoms with Crippen molar-refractivity contribution < 1.29 is 4.79 Å². The van der Waals surface area contributed by atoms with Crippen LogP contribution in [0.3, 0.4) is 0 Å². The van der Waals surface area contributed by atoms with Crippen molar-refractivity contribution in [1.82, 2.24) is 10.2 Å². The van der Waals surface area contributed by atoms with Crippen molar-refractivity contribution in [3.63, 3.8) is 0 Å². The van der Waals surface area contributed by atoms with E-state index in [0.717, 1.165) is 13.0 Å². The topological polar surface area (TPSA) is 32.3 Å². The quantitative estimate of drug-likeness (QED) is 0.850. The van der Waals surface area contributed by atoms with Gasteiger partial charge in [-0.2, -0.15) is 0 Å². The molecule has 1 aromatic heterocycles. The molecule has 2 rings (SSSR count). The van der Waals surface area contributed by atoms with Crippen molar-refractivity contribution in [3.8, 4) is 0 Å². The Morgan fingerprint density at radius 2 is 2.00 bits per heavy atom. The Hall–Kier alpha value is -1.65. The van der Waals surface area contributed by atoms with E-state index in [1.807, 2.05) is 20.0 Å². The summed E-state index contributed by atoms with van der Waals surface area (Å²) in [5.41, 5.74) is 2.48. The molecular weight excluding hydrogens is 292 g/mol. The van der Waals surface area contributed by atoms with E-state index < -0.39 is 0 Å². The van der Waals surface area contributed by atoms with Crippen LogP contribution in [0.15, 0.2) is 41.8 Å². The van der Waals surface area contributed by atoms with Crippen LogP contribution >= 0.6 is 11.3 Å². The Morgan fingerprint density at radius 1 is 1.27 bits per heavy atom. The predicted octanol–water partition coefficient (Wildman–Crippen LogP) is 3.24. The van der Waals surface area contributed by atoms with Gasteiger partial charge in [0.15, 0.2) is 0 Å². The SMILES string of the molecule is Cc1ccc(CN(C)C(C)C(=O)NCCc2cccs2)cc1. The van der Waals surface area contributed by atoms with Gasteiger partial charge in [0.05, 0.1) is 6.04 Å². The second-order valence-electron chi connectivity index (χ2n) is 5.70. The number of amides is 1. The van der Waals surface area contributed by atoms with E-state index in [2.05, 4.69) is 52.9 Å². The van der Waals surface area contributed by atoms with Gasteiger partial charge in [-0.15, -0.1) is 11.3 Å². The Balaban J connectivity index is 1.77. The number of benzene rings is 1. The molecule has 1 amide bonds. The van der Waals surface area contributed by atoms with Crippen LogP contribution in [0.5, 0.6) is 0 Å². The number of likely N-dealkylation sites (N-methyl/N-ethyl adjacent to an activating group) is 1. The zero-order valence-corrected chi connectivity index (χ0v) is 14.3. The fourth-order valence-electron chi connectivity index (χ4n) is 2.23. The van der Waals surface area contributed by atoms with Gasteiger partial charge in [0.25, 0.3) is 0 Å². The first kappa shape index (κ1) is 16.7. The molecule has 1 heterocycles. The third kappa shape index (κ3) is 4.97. The minimum absolute atomic E-state index is 0.0890. The summed E-state index contributed by atoms with van der Waals surface area (Å²) in [4.78, 5) is 15.6. The van der Waals surface area contributed by atoms with Crippen LogP contribution in [-0.4, -0.2) is 30.4 Å². The second kappa shape index (κ2) is 8.11. The number of nitrogens with one attached hydrogen (secondary N) is 1. The van der Waals surface area contributed by atoms with Crippen molar-refractivity contribution in [2.75, 3.05) is 13.6 Å². The highest BCUT2D eigenvalue weighted by atomic mass is 32.1. The third-order valence-corrected chi connectivity index (χ3v) is 4.78. The molecule has 0 bridgehead atoms. The molecule has 2 aromatic rings. The molecule has 0 fully saturated rings. The lowest BCUT2D eigenvalue weighted by molar-refractivity contribution is -0.125. The molecule has 1 atom stereocenters. The highest BCUT2D eigenvalue weighted by Crippen LogP contribution is 2.09. The van der Waals surface area contributed by atoms with E-state index in [1.165, 1.54) is 16.0 Å². The fourth-order valence-corrected chi connectivity index (χ4v) is 2.94. The average molecular weight is 316 g/mol. The summed E-state index contributed by atoms with van der Waals surface area (Å²) in [5.74, 6) is 0.0890. The van der Waals surface area contributed by atoms with E-state index in [4.69, 9.17) is 0 Å². The molecule has 0 radical (unpaired) electrons. The molecule has 0 aliphatic heterocycles. The first-order valence-corrected chi connectivity index (χ1v) is 8.50. The highest BCUT2D eigenvalue weighted by Gasteiger charge is 2.17. The number of nitrogens with zero attached hydrogens (tertiary/aromatic N) is 1. The number of rotatable bonds is 7. The number of hydrogen-bond donors (Lipinski definition) is 1. The number of hydrogen-bond acceptors (Lipinski definition) is 3. The zero-order valence-electron chi connectivity index (χ0n) is 13.5. The smallest absolute Gasteiger partial charge is 0.237 e. The van der Waals surface area contributed by atoms with Gasteiger partial charge in [-0.25, -0.2) is 0 Å². The van der Waals surface area contributed by atoms with Gasteiger partial charge in [0.1, 0.15) is 0 Å². The Bertz CT molecular complexity index is 578. The standard InChI is InChI=1S/C18H24N2OS/c1-14-6-8-16(9-7-14)13-20(3)15(2)18(21)19-11-10-17-5-4-12-22-17/h4-9,12,15H,10-11,13H2,1-3H3,(H,19,21). The van der Waals surface area contributed by atoms with Crippen LogP contribution in [0.2, 0.25) is 0 Å². The maximum absolute atomic E-state index is 12.2. The van der Waals surface area contributed by atoms with Crippen molar-refractivity contribution in [2.45, 2.75) is 32.9 Å². The molecule has 0 aliphatic rings. The van der Waals surface area contributed by atoms with Crippen LogP contribution in [0, 0.1) is 6.92 Å². The lowest BCUT2D eigenvalue weighted by Crippen LogP contribution is -2.43. The van der Waals surface area contributed by atoms with E-state index in [1.54, 1.807) is 11.3 Å². The van der Waals surface area contributed by atoms with Gasteiger partial charge < -0.3 is 5.32 Å². The van der Waals surface area contributed by atoms with Gasteiger partial charge >= 0.3 is 0 Å². The number of carbonyl (C=O) groups excluding carboxylic acids is 1. The van der Waals surface area contributed by atoms with E-state index >= 15 is 0 Å². The largest absolute Gasteiger partial charge is 0.354 e. The maximum atomic E-state index is 12.2. The molecule has 1 unspecified atom stereocenters. The summed E-state index contributed by atoms with van der Waals surface area (Å²) < 4.78 is 0. The van der Waals surface area contributed by atoms with Gasteiger partial charge in [0, 0.05) is 18.0 Å². The molecule has 0 saturated carbocycles. The third-order valence-electron chi connectivity index (χ3n) is 3.84. The average Bonchev–Trinajstić information content (AvgIpc) is 3.02. The fraction of sp³-hybridized carbons (Fsp3) is 0.389. The molecule has 1 N–H and O–H groups in total. The Morgan fingerprint density at radius 3 is 2.64 bits per heavy atom. The summed E-state index contributed by atoms with van der Waals surface area (Å²) in [6.07, 6.45) is 0.901. The number of carbonyl (C=O) groups is 1. The molecule has 0 aliphatic carbocycles. The minimum Gasteiger partial charge on any atom is -0.354 e. The summed E-state index contributed by atoms with van der Waals surface area (Å²) >= 11 is 1.73. The highest BCUT2D eigenvalue weighted by molar-refractivity contribution is 7.09. The molecule has 4 heteroatoms. The van der Waals surface area contributed by atoms with Crippen LogP contribution in [0.25, 0.3) is 0 Å². The minimum atomic E-state index is -0.135. The lowest BCUT2D eigenvalue weighted by atomic mass is 10.1. The summed E-state index contributed by atoms with van der Waals surface area (Å²) in [6.45, 7) is 5.51. The zero-order chi connectivity index (χ0) is 15.9. The van der Waals surface area contributed by atoms with Crippen LogP contribution in [0.4, 0.5) is 0 Å². The van der Waals surface area contributed by atoms with E-state index in [-0.39, 0.29) is 11.9 Å². The van der Waals surface area contributed by atoms with Crippen molar-refractivity contribution in [1.29, 1.82) is 0 Å². The summed E-state index contributed by atoms with van der Waals surface area (Å²) in [6, 6.07) is 12.5. The van der Waals surface area contributed by atoms with Crippen molar-refractivity contribution in [3.05, 3.63) is 57.8 Å². The van der Waals surface area contributed by atoms with E-state index in [9.17, 15) is 4.79 Å². The summed E-state index contributed by atoms with van der Waals surface area (Å²) in [7, 11) is 1.99.